The van der Waals surface area contributed by atoms with Gasteiger partial charge in [0, 0.05) is 37.4 Å². The number of rotatable bonds is 6. The Hall–Kier alpha value is -1.10. The first-order chi connectivity index (χ1) is 14.5. The van der Waals surface area contributed by atoms with Gasteiger partial charge in [0.2, 0.25) is 0 Å². The van der Waals surface area contributed by atoms with E-state index in [2.05, 4.69) is 50.1 Å². The summed E-state index contributed by atoms with van der Waals surface area (Å²) in [6.45, 7) is 5.62. The van der Waals surface area contributed by atoms with Crippen LogP contribution < -0.4 is 4.90 Å². The maximum Gasteiger partial charge on any atom is 0.194 e. The Morgan fingerprint density at radius 3 is 2.67 bits per heavy atom. The van der Waals surface area contributed by atoms with Crippen LogP contribution in [0.15, 0.2) is 24.3 Å². The molecule has 5 fully saturated rings. The van der Waals surface area contributed by atoms with Gasteiger partial charge >= 0.3 is 0 Å². The molecule has 6 aliphatic rings. The molecule has 1 unspecified atom stereocenters. The first-order valence-electron chi connectivity index (χ1n) is 12.6. The van der Waals surface area contributed by atoms with Gasteiger partial charge < -0.3 is 15.1 Å². The normalized spacial score (nSPS) is 49.6. The number of hydrogen-bond acceptors (Lipinski definition) is 3. The lowest BCUT2D eigenvalue weighted by Crippen LogP contribution is -2.83. The summed E-state index contributed by atoms with van der Waals surface area (Å²) in [6.07, 6.45) is 7.77. The largest absolute Gasteiger partial charge is 0.392 e. The lowest BCUT2D eigenvalue weighted by Gasteiger charge is -2.68. The van der Waals surface area contributed by atoms with E-state index < -0.39 is 0 Å². The summed E-state index contributed by atoms with van der Waals surface area (Å²) in [6, 6.07) is 10.0. The summed E-state index contributed by atoms with van der Waals surface area (Å²) in [4.78, 5) is 2.50. The zero-order valence-electron chi connectivity index (χ0n) is 18.9. The number of piperidine rings is 4. The molecule has 1 saturated carbocycles. The smallest absolute Gasteiger partial charge is 0.194 e. The molecule has 1 aliphatic carbocycles. The monoisotopic (exact) mass is 411 g/mol. The first kappa shape index (κ1) is 19.6. The molecule has 1 aromatic rings. The van der Waals surface area contributed by atoms with Crippen LogP contribution in [0.4, 0.5) is 5.69 Å². The van der Waals surface area contributed by atoms with Gasteiger partial charge in [-0.3, -0.25) is 4.48 Å². The Labute approximate surface area is 181 Å². The van der Waals surface area contributed by atoms with Gasteiger partial charge in [0.1, 0.15) is 6.04 Å². The minimum Gasteiger partial charge on any atom is -0.392 e. The van der Waals surface area contributed by atoms with Crippen molar-refractivity contribution in [3.63, 3.8) is 0 Å². The molecule has 0 aromatic heterocycles. The molecule has 5 bridgehead atoms. The molecular formula is C26H39N2O2+. The fourth-order valence-electron chi connectivity index (χ4n) is 9.65. The lowest BCUT2D eigenvalue weighted by molar-refractivity contribution is -1.04. The lowest BCUT2D eigenvalue weighted by atomic mass is 9.60. The van der Waals surface area contributed by atoms with Crippen LogP contribution in [-0.4, -0.2) is 58.7 Å². The molecule has 4 heteroatoms. The number of nitrogens with zero attached hydrogens (tertiary/aromatic N) is 2. The number of aliphatic hydroxyl groups excluding tert-OH is 2. The predicted octanol–water partition coefficient (Wildman–Crippen LogP) is 3.65. The minimum absolute atomic E-state index is 0.131. The summed E-state index contributed by atoms with van der Waals surface area (Å²) < 4.78 is 0.894. The number of aliphatic hydroxyl groups is 2. The summed E-state index contributed by atoms with van der Waals surface area (Å²) in [5.41, 5.74) is 2.57. The van der Waals surface area contributed by atoms with E-state index in [1.54, 1.807) is 0 Å². The third-order valence-electron chi connectivity index (χ3n) is 10.5. The molecule has 4 nitrogen and oxygen atoms in total. The van der Waals surface area contributed by atoms with E-state index >= 15 is 0 Å². The highest BCUT2D eigenvalue weighted by Crippen LogP contribution is 2.71. The van der Waals surface area contributed by atoms with E-state index in [9.17, 15) is 10.2 Å². The highest BCUT2D eigenvalue weighted by molar-refractivity contribution is 5.66. The molecule has 2 N–H and O–H groups in total. The van der Waals surface area contributed by atoms with Crippen LogP contribution in [0.2, 0.25) is 0 Å². The molecule has 4 saturated heterocycles. The Kier molecular flexibility index (Phi) is 4.22. The molecule has 0 radical (unpaired) electrons. The van der Waals surface area contributed by atoms with Crippen LogP contribution in [0.1, 0.15) is 64.4 Å². The average Bonchev–Trinajstić information content (AvgIpc) is 3.14. The quantitative estimate of drug-likeness (QED) is 0.555. The molecule has 7 rings (SSSR count). The van der Waals surface area contributed by atoms with E-state index in [-0.39, 0.29) is 17.7 Å². The second-order valence-electron chi connectivity index (χ2n) is 11.1. The second-order valence-corrected chi connectivity index (χ2v) is 11.1. The van der Waals surface area contributed by atoms with Gasteiger partial charge in [0.05, 0.1) is 30.1 Å². The number of quaternary nitrogens is 1. The fraction of sp³-hybridized carbons (Fsp3) is 0.769. The summed E-state index contributed by atoms with van der Waals surface area (Å²) in [5, 5.41) is 23.9. The molecule has 10 atom stereocenters. The van der Waals surface area contributed by atoms with E-state index in [4.69, 9.17) is 0 Å². The third kappa shape index (κ3) is 1.96. The van der Waals surface area contributed by atoms with E-state index in [1.165, 1.54) is 43.4 Å². The fourth-order valence-corrected chi connectivity index (χ4v) is 9.65. The predicted molar refractivity (Wildman–Crippen MR) is 119 cm³/mol. The molecule has 1 aromatic carbocycles. The second kappa shape index (κ2) is 6.46. The van der Waals surface area contributed by atoms with Crippen LogP contribution in [0.3, 0.4) is 0 Å². The number of fused-ring (bicyclic) bond motifs is 2. The van der Waals surface area contributed by atoms with Gasteiger partial charge in [-0.2, -0.15) is 0 Å². The number of benzene rings is 1. The topological polar surface area (TPSA) is 43.7 Å². The average molecular weight is 412 g/mol. The van der Waals surface area contributed by atoms with E-state index in [1.807, 2.05) is 0 Å². The number of hydrogen-bond donors (Lipinski definition) is 2. The van der Waals surface area contributed by atoms with Crippen LogP contribution in [0, 0.1) is 17.8 Å². The van der Waals surface area contributed by atoms with Crippen molar-refractivity contribution >= 4 is 5.69 Å². The molecule has 164 valence electrons. The van der Waals surface area contributed by atoms with Crippen LogP contribution >= 0.6 is 0 Å². The molecule has 5 heterocycles. The Morgan fingerprint density at radius 2 is 1.90 bits per heavy atom. The minimum atomic E-state index is -0.272. The van der Waals surface area contributed by atoms with Crippen molar-refractivity contribution in [2.45, 2.75) is 94.7 Å². The van der Waals surface area contributed by atoms with E-state index in [0.717, 1.165) is 23.9 Å². The number of anilines is 1. The summed E-state index contributed by atoms with van der Waals surface area (Å²) >= 11 is 0. The maximum absolute atomic E-state index is 12.0. The zero-order valence-corrected chi connectivity index (χ0v) is 18.9. The zero-order chi connectivity index (χ0) is 20.8. The molecule has 1 spiro atoms. The van der Waals surface area contributed by atoms with Gasteiger partial charge in [-0.05, 0) is 36.8 Å². The Morgan fingerprint density at radius 1 is 1.10 bits per heavy atom. The summed E-state index contributed by atoms with van der Waals surface area (Å²) in [7, 11) is 2.25. The van der Waals surface area contributed by atoms with Crippen molar-refractivity contribution in [1.82, 2.24) is 0 Å². The molecule has 30 heavy (non-hydrogen) atoms. The van der Waals surface area contributed by atoms with E-state index in [0.29, 0.717) is 35.9 Å². The van der Waals surface area contributed by atoms with Gasteiger partial charge in [-0.25, -0.2) is 0 Å². The van der Waals surface area contributed by atoms with Crippen molar-refractivity contribution < 1.29 is 14.7 Å². The number of unbranched alkanes of at least 4 members (excludes halogenated alkanes) is 3. The van der Waals surface area contributed by atoms with Gasteiger partial charge in [0.15, 0.2) is 6.23 Å². The van der Waals surface area contributed by atoms with Crippen molar-refractivity contribution in [2.75, 3.05) is 18.5 Å². The van der Waals surface area contributed by atoms with Crippen LogP contribution in [0.25, 0.3) is 0 Å². The first-order valence-corrected chi connectivity index (χ1v) is 12.6. The maximum atomic E-state index is 12.0. The molecule has 5 aliphatic heterocycles. The SMILES string of the molecule is CCCCCC[N+]12[C@H](O)[C@@H](CC)[C@H]3C[C@H]1[C@@H]1N(C)c4ccccc4[C@]14C[C@H]2[C@H]3[C@@H]4O. The van der Waals surface area contributed by atoms with Crippen molar-refractivity contribution in [3.05, 3.63) is 29.8 Å². The molecule has 0 amide bonds. The van der Waals surface area contributed by atoms with Crippen molar-refractivity contribution in [1.29, 1.82) is 0 Å². The van der Waals surface area contributed by atoms with Crippen LogP contribution in [0.5, 0.6) is 0 Å². The summed E-state index contributed by atoms with van der Waals surface area (Å²) in [5.74, 6) is 1.18. The third-order valence-corrected chi connectivity index (χ3v) is 10.5. The standard InChI is InChI=1S/C26H39N2O2/c1-4-6-7-10-13-28-20-14-17(16(5-2)25(28)30)22-21(28)15-26(24(22)29)18-11-8-9-12-19(18)27(3)23(20)26/h8-9,11-12,16-17,20-25,29-30H,4-7,10,13-15H2,1-3H3/q+1/t16-,17+,20-,21-,22-,23-,24-,25+,26+,28?/m0/s1. The van der Waals surface area contributed by atoms with Gasteiger partial charge in [0.25, 0.3) is 0 Å². The van der Waals surface area contributed by atoms with Crippen LogP contribution in [-0.2, 0) is 5.41 Å². The Bertz CT molecular complexity index is 844. The van der Waals surface area contributed by atoms with Crippen molar-refractivity contribution in [3.8, 4) is 0 Å². The van der Waals surface area contributed by atoms with Gasteiger partial charge in [-0.1, -0.05) is 44.9 Å². The van der Waals surface area contributed by atoms with Crippen molar-refractivity contribution in [2.24, 2.45) is 17.8 Å². The highest BCUT2D eigenvalue weighted by Gasteiger charge is 2.82. The highest BCUT2D eigenvalue weighted by atomic mass is 16.3. The molecular weight excluding hydrogens is 372 g/mol. The Balaban J connectivity index is 1.50. The number of likely N-dealkylation sites (N-methyl/N-ethyl adjacent to an activating group) is 1. The van der Waals surface area contributed by atoms with Gasteiger partial charge in [-0.15, -0.1) is 0 Å². The number of para-hydroxylation sites is 1.